The fraction of sp³-hybridized carbons (Fsp3) is 0.346. The Labute approximate surface area is 404 Å². The van der Waals surface area contributed by atoms with Gasteiger partial charge in [-0.25, -0.2) is 9.78 Å². The largest absolute Gasteiger partial charge is 0.491 e. The lowest BCUT2D eigenvalue weighted by Crippen LogP contribution is -2.48. The van der Waals surface area contributed by atoms with Crippen molar-refractivity contribution in [1.29, 1.82) is 0 Å². The maximum atomic E-state index is 14.0. The number of amides is 3. The van der Waals surface area contributed by atoms with Crippen molar-refractivity contribution in [2.45, 2.75) is 64.3 Å². The first-order valence-electron chi connectivity index (χ1n) is 22.9. The Balaban J connectivity index is 0.907. The molecule has 0 radical (unpaired) electrons. The van der Waals surface area contributed by atoms with E-state index < -0.39 is 41.4 Å². The van der Waals surface area contributed by atoms with Crippen molar-refractivity contribution in [2.75, 3.05) is 57.7 Å². The van der Waals surface area contributed by atoms with Crippen LogP contribution in [-0.2, 0) is 26.5 Å². The van der Waals surface area contributed by atoms with Crippen LogP contribution in [0.3, 0.4) is 0 Å². The molecule has 1 spiro atoms. The molecule has 3 atom stereocenters. The summed E-state index contributed by atoms with van der Waals surface area (Å²) in [5.41, 5.74) is 7.84. The highest BCUT2D eigenvalue weighted by atomic mass is 32.1. The summed E-state index contributed by atoms with van der Waals surface area (Å²) in [6.07, 6.45) is -0.786. The van der Waals surface area contributed by atoms with Gasteiger partial charge >= 0.3 is 5.97 Å². The molecule has 3 aliphatic heterocycles. The first-order chi connectivity index (χ1) is 33.0. The Kier molecular flexibility index (Phi) is 12.7. The number of carbonyl (C=O) groups is 4. The van der Waals surface area contributed by atoms with Crippen LogP contribution < -0.4 is 29.9 Å². The normalized spacial score (nSPS) is 16.8. The summed E-state index contributed by atoms with van der Waals surface area (Å²) in [5.74, 6) is -0.508. The zero-order valence-corrected chi connectivity index (χ0v) is 40.6. The van der Waals surface area contributed by atoms with E-state index >= 15 is 0 Å². The number of β-amino-alcohol motifs (C(OH)–C–C–N with tert-alkyl or cyclic N) is 1. The molecule has 5 heterocycles. The third kappa shape index (κ3) is 8.76. The quantitative estimate of drug-likeness (QED) is 0.0753. The number of aromatic nitrogens is 2. The molecule has 0 saturated carbocycles. The molecule has 3 aliphatic rings. The number of esters is 1. The Hall–Kier alpha value is -7.24. The number of hydrogen-bond acceptors (Lipinski definition) is 14. The Morgan fingerprint density at radius 3 is 2.23 bits per heavy atom. The second-order valence-electron chi connectivity index (χ2n) is 18.5. The van der Waals surface area contributed by atoms with Gasteiger partial charge in [-0.1, -0.05) is 37.2 Å². The molecule has 2 unspecified atom stereocenters. The number of nitrogens with zero attached hydrogens (tertiary/aromatic N) is 5. The summed E-state index contributed by atoms with van der Waals surface area (Å²) in [7, 11) is 7.78. The third-order valence-corrected chi connectivity index (χ3v) is 14.0. The van der Waals surface area contributed by atoms with Crippen LogP contribution in [0.4, 0.5) is 11.4 Å². The van der Waals surface area contributed by atoms with Crippen LogP contribution in [0.15, 0.2) is 88.9 Å². The average molecular weight is 954 g/mol. The van der Waals surface area contributed by atoms with E-state index in [1.54, 1.807) is 36.7 Å². The summed E-state index contributed by atoms with van der Waals surface area (Å²) in [6.45, 7) is 7.76. The van der Waals surface area contributed by atoms with Crippen molar-refractivity contribution in [3.05, 3.63) is 135 Å². The predicted octanol–water partition coefficient (Wildman–Crippen LogP) is 6.94. The second-order valence-corrected chi connectivity index (χ2v) is 19.3. The highest BCUT2D eigenvalue weighted by Crippen LogP contribution is 2.57. The standard InChI is InChI=1S/C52H55N7O9S/c1-28(2)46(45-19-29(3)56-68-45)50(63)59-26-36(60)24-41(59)49(62)54-25-33-10-9-31(47-30(4)55-27-69-47)21-42(33)65-18-17-53-48(61)32-11-14-38-37(20-32)51(64)67-52(38)39-15-12-34(57(5)6)22-43(39)66-44-23-35(58(7)8)13-16-40(44)52/h9-16,19-23,27-28,36,41,46,60H,17-18,24-26H2,1-8H3,(H,53,61)(H,54,62)/t36?,41?,46-/m1/s1. The number of nitrogens with one attached hydrogen (secondary N) is 2. The lowest BCUT2D eigenvalue weighted by molar-refractivity contribution is -0.141. The number of aliphatic hydroxyl groups excluding tert-OH is 1. The topological polar surface area (TPSA) is 189 Å². The molecule has 2 aromatic heterocycles. The van der Waals surface area contributed by atoms with Gasteiger partial charge in [-0.3, -0.25) is 14.4 Å². The summed E-state index contributed by atoms with van der Waals surface area (Å²) in [4.78, 5) is 66.2. The first-order valence-corrected chi connectivity index (χ1v) is 23.7. The molecule has 3 amide bonds. The fourth-order valence-corrected chi connectivity index (χ4v) is 10.2. The maximum absolute atomic E-state index is 14.0. The number of thiazole rings is 1. The van der Waals surface area contributed by atoms with Gasteiger partial charge in [0.25, 0.3) is 5.91 Å². The SMILES string of the molecule is Cc1cc([C@H](C(=O)N2CC(O)CC2C(=O)NCc2ccc(-c3scnc3C)cc2OCCNC(=O)c2ccc3c(c2)C(=O)OC32c3ccc(N(C)C)cc3Oc3cc(N(C)C)ccc32)C(C)C)on1. The van der Waals surface area contributed by atoms with Crippen LogP contribution in [0.5, 0.6) is 17.2 Å². The zero-order valence-electron chi connectivity index (χ0n) is 39.8. The van der Waals surface area contributed by atoms with Gasteiger partial charge in [0.1, 0.15) is 41.6 Å². The van der Waals surface area contributed by atoms with Crippen molar-refractivity contribution >= 4 is 46.4 Å². The average Bonchev–Trinajstić information content (AvgIpc) is 4.12. The second kappa shape index (κ2) is 18.7. The number of rotatable bonds is 14. The van der Waals surface area contributed by atoms with E-state index in [2.05, 4.69) is 20.8 Å². The van der Waals surface area contributed by atoms with Gasteiger partial charge < -0.3 is 49.2 Å². The first kappa shape index (κ1) is 46.9. The molecule has 0 aliphatic carbocycles. The smallest absolute Gasteiger partial charge is 0.340 e. The van der Waals surface area contributed by atoms with Crippen molar-refractivity contribution in [3.8, 4) is 27.7 Å². The van der Waals surface area contributed by atoms with Gasteiger partial charge in [-0.15, -0.1) is 11.3 Å². The fourth-order valence-electron chi connectivity index (χ4n) is 9.44. The molecule has 17 heteroatoms. The number of ether oxygens (including phenoxy) is 3. The Morgan fingerprint density at radius 2 is 1.61 bits per heavy atom. The van der Waals surface area contributed by atoms with E-state index in [1.807, 2.05) is 113 Å². The molecule has 9 rings (SSSR count). The van der Waals surface area contributed by atoms with Gasteiger partial charge in [-0.05, 0) is 67.8 Å². The lowest BCUT2D eigenvalue weighted by atomic mass is 9.77. The van der Waals surface area contributed by atoms with E-state index in [1.165, 1.54) is 16.2 Å². The Bertz CT molecular complexity index is 2920. The molecular formula is C52H55N7O9S. The Morgan fingerprint density at radius 1 is 0.913 bits per heavy atom. The number of hydrogen-bond donors (Lipinski definition) is 3. The molecule has 69 heavy (non-hydrogen) atoms. The molecule has 1 saturated heterocycles. The number of aryl methyl sites for hydroxylation is 2. The number of benzene rings is 4. The van der Waals surface area contributed by atoms with Gasteiger partial charge in [-0.2, -0.15) is 0 Å². The van der Waals surface area contributed by atoms with Crippen LogP contribution in [-0.4, -0.2) is 104 Å². The summed E-state index contributed by atoms with van der Waals surface area (Å²) in [5, 5.41) is 20.6. The van der Waals surface area contributed by atoms with E-state index in [0.717, 1.165) is 27.5 Å². The van der Waals surface area contributed by atoms with E-state index in [4.69, 9.17) is 18.7 Å². The summed E-state index contributed by atoms with van der Waals surface area (Å²) < 4.78 is 24.7. The third-order valence-electron chi connectivity index (χ3n) is 13.0. The minimum Gasteiger partial charge on any atom is -0.491 e. The molecule has 16 nitrogen and oxygen atoms in total. The summed E-state index contributed by atoms with van der Waals surface area (Å²) >= 11 is 1.49. The molecule has 6 aromatic rings. The van der Waals surface area contributed by atoms with Gasteiger partial charge in [0.15, 0.2) is 5.60 Å². The van der Waals surface area contributed by atoms with Crippen LogP contribution in [0.2, 0.25) is 0 Å². The lowest BCUT2D eigenvalue weighted by Gasteiger charge is -2.37. The molecule has 3 N–H and O–H groups in total. The molecular weight excluding hydrogens is 899 g/mol. The minimum absolute atomic E-state index is 0.0149. The van der Waals surface area contributed by atoms with Crippen LogP contribution in [0.1, 0.15) is 86.3 Å². The monoisotopic (exact) mass is 953 g/mol. The minimum atomic E-state index is -1.30. The molecule has 358 valence electrons. The maximum Gasteiger partial charge on any atom is 0.340 e. The molecule has 4 aromatic carbocycles. The zero-order chi connectivity index (χ0) is 48.9. The highest BCUT2D eigenvalue weighted by molar-refractivity contribution is 7.13. The number of aliphatic hydroxyl groups is 1. The van der Waals surface area contributed by atoms with Gasteiger partial charge in [0.2, 0.25) is 11.8 Å². The van der Waals surface area contributed by atoms with Gasteiger partial charge in [0, 0.05) is 105 Å². The van der Waals surface area contributed by atoms with Crippen molar-refractivity contribution in [2.24, 2.45) is 5.92 Å². The van der Waals surface area contributed by atoms with Crippen LogP contribution in [0.25, 0.3) is 10.4 Å². The predicted molar refractivity (Wildman–Crippen MR) is 260 cm³/mol. The molecule has 0 bridgehead atoms. The van der Waals surface area contributed by atoms with Crippen LogP contribution in [0, 0.1) is 19.8 Å². The van der Waals surface area contributed by atoms with Crippen molar-refractivity contribution in [3.63, 3.8) is 0 Å². The van der Waals surface area contributed by atoms with Crippen molar-refractivity contribution in [1.82, 2.24) is 25.7 Å². The van der Waals surface area contributed by atoms with Gasteiger partial charge in [0.05, 0.1) is 40.0 Å². The van der Waals surface area contributed by atoms with E-state index in [-0.39, 0.29) is 55.6 Å². The number of likely N-dealkylation sites (tertiary alicyclic amines) is 1. The number of carbonyl (C=O) groups excluding carboxylic acids is 4. The number of anilines is 2. The van der Waals surface area contributed by atoms with E-state index in [0.29, 0.717) is 51.0 Å². The van der Waals surface area contributed by atoms with Crippen LogP contribution >= 0.6 is 11.3 Å². The van der Waals surface area contributed by atoms with Crippen molar-refractivity contribution < 1.29 is 43.0 Å². The number of fused-ring (bicyclic) bond motifs is 6. The van der Waals surface area contributed by atoms with E-state index in [9.17, 15) is 24.3 Å². The summed E-state index contributed by atoms with van der Waals surface area (Å²) in [6, 6.07) is 23.1. The highest BCUT2D eigenvalue weighted by Gasteiger charge is 2.54. The molecule has 1 fully saturated rings.